The molecule has 9 heteroatoms. The molecular weight excluding hydrogens is 252 g/mol. The van der Waals surface area contributed by atoms with Crippen LogP contribution in [-0.2, 0) is 15.9 Å². The van der Waals surface area contributed by atoms with E-state index >= 15 is 0 Å². The molecule has 0 atom stereocenters. The van der Waals surface area contributed by atoms with Gasteiger partial charge in [-0.05, 0) is 6.07 Å². The Kier molecular flexibility index (Phi) is 2.56. The highest BCUT2D eigenvalue weighted by molar-refractivity contribution is 7.85. The summed E-state index contributed by atoms with van der Waals surface area (Å²) in [5, 5.41) is 14.2. The summed E-state index contributed by atoms with van der Waals surface area (Å²) in [4.78, 5) is 9.88. The molecule has 0 fully saturated rings. The van der Waals surface area contributed by atoms with Gasteiger partial charge < -0.3 is 4.52 Å². The minimum atomic E-state index is -4.22. The van der Waals surface area contributed by atoms with E-state index in [-0.39, 0.29) is 17.0 Å². The number of nitro benzene ring substituents is 1. The Hall–Kier alpha value is -2.00. The number of benzene rings is 1. The standard InChI is InChI=1S/C8H6N2O6S/c11-10(12)5-1-2-6-7(4-17(13,14)15)9-16-8(6)3-5/h1-3H,4H2,(H,13,14,15). The zero-order chi connectivity index (χ0) is 12.6. The monoisotopic (exact) mass is 258 g/mol. The van der Waals surface area contributed by atoms with Crippen LogP contribution in [0.2, 0.25) is 0 Å². The van der Waals surface area contributed by atoms with Crippen LogP contribution in [0.1, 0.15) is 5.69 Å². The first-order valence-electron chi connectivity index (χ1n) is 4.35. The predicted molar refractivity (Wildman–Crippen MR) is 55.9 cm³/mol. The van der Waals surface area contributed by atoms with Crippen molar-refractivity contribution in [3.05, 3.63) is 34.0 Å². The molecule has 90 valence electrons. The van der Waals surface area contributed by atoms with Crippen LogP contribution in [0.3, 0.4) is 0 Å². The van der Waals surface area contributed by atoms with Gasteiger partial charge in [0.15, 0.2) is 5.58 Å². The number of fused-ring (bicyclic) bond motifs is 1. The molecule has 0 saturated heterocycles. The van der Waals surface area contributed by atoms with E-state index in [9.17, 15) is 18.5 Å². The maximum absolute atomic E-state index is 10.7. The lowest BCUT2D eigenvalue weighted by Crippen LogP contribution is -2.01. The molecule has 2 rings (SSSR count). The van der Waals surface area contributed by atoms with Crippen molar-refractivity contribution in [2.75, 3.05) is 0 Å². The fourth-order valence-corrected chi connectivity index (χ4v) is 1.92. The van der Waals surface area contributed by atoms with Gasteiger partial charge in [-0.1, -0.05) is 5.16 Å². The van der Waals surface area contributed by atoms with Crippen molar-refractivity contribution in [3.8, 4) is 0 Å². The fourth-order valence-electron chi connectivity index (χ4n) is 1.37. The summed E-state index contributed by atoms with van der Waals surface area (Å²) in [5.74, 6) is -0.697. The number of nitrogens with zero attached hydrogens (tertiary/aromatic N) is 2. The van der Waals surface area contributed by atoms with Gasteiger partial charge in [-0.3, -0.25) is 14.7 Å². The number of hydrogen-bond acceptors (Lipinski definition) is 6. The summed E-state index contributed by atoms with van der Waals surface area (Å²) in [6, 6.07) is 3.66. The van der Waals surface area contributed by atoms with Crippen LogP contribution >= 0.6 is 0 Å². The van der Waals surface area contributed by atoms with Crippen molar-refractivity contribution in [1.82, 2.24) is 5.16 Å². The van der Waals surface area contributed by atoms with Crippen molar-refractivity contribution >= 4 is 26.8 Å². The maximum atomic E-state index is 10.7. The van der Waals surface area contributed by atoms with Crippen molar-refractivity contribution in [3.63, 3.8) is 0 Å². The Morgan fingerprint density at radius 3 is 2.76 bits per heavy atom. The van der Waals surface area contributed by atoms with E-state index in [1.165, 1.54) is 12.1 Å². The van der Waals surface area contributed by atoms with E-state index in [0.29, 0.717) is 5.39 Å². The second-order valence-corrected chi connectivity index (χ2v) is 4.75. The lowest BCUT2D eigenvalue weighted by atomic mass is 10.2. The lowest BCUT2D eigenvalue weighted by molar-refractivity contribution is -0.384. The third-order valence-electron chi connectivity index (χ3n) is 2.06. The van der Waals surface area contributed by atoms with Gasteiger partial charge in [0.2, 0.25) is 0 Å². The van der Waals surface area contributed by atoms with Gasteiger partial charge in [-0.15, -0.1) is 0 Å². The first-order chi connectivity index (χ1) is 7.87. The van der Waals surface area contributed by atoms with Gasteiger partial charge >= 0.3 is 0 Å². The normalized spacial score (nSPS) is 11.8. The molecule has 0 aliphatic carbocycles. The molecule has 0 radical (unpaired) electrons. The molecule has 8 nitrogen and oxygen atoms in total. The average Bonchev–Trinajstić information content (AvgIpc) is 2.58. The van der Waals surface area contributed by atoms with Crippen LogP contribution in [0, 0.1) is 10.1 Å². The third kappa shape index (κ3) is 2.40. The quantitative estimate of drug-likeness (QED) is 0.497. The Morgan fingerprint density at radius 2 is 2.18 bits per heavy atom. The molecule has 0 aliphatic heterocycles. The highest BCUT2D eigenvalue weighted by Crippen LogP contribution is 2.24. The van der Waals surface area contributed by atoms with Crippen LogP contribution in [-0.4, -0.2) is 23.1 Å². The molecule has 0 amide bonds. The molecule has 1 N–H and O–H groups in total. The number of hydrogen-bond donors (Lipinski definition) is 1. The van der Waals surface area contributed by atoms with Gasteiger partial charge in [-0.2, -0.15) is 8.42 Å². The summed E-state index contributed by atoms with van der Waals surface area (Å²) in [5.41, 5.74) is -0.0812. The number of rotatable bonds is 3. The van der Waals surface area contributed by atoms with Crippen molar-refractivity contribution in [1.29, 1.82) is 0 Å². The maximum Gasteiger partial charge on any atom is 0.273 e. The van der Waals surface area contributed by atoms with Gasteiger partial charge in [0, 0.05) is 11.5 Å². The number of aromatic nitrogens is 1. The van der Waals surface area contributed by atoms with Gasteiger partial charge in [0.05, 0.1) is 11.0 Å². The van der Waals surface area contributed by atoms with Crippen molar-refractivity contribution < 1.29 is 22.4 Å². The summed E-state index contributed by atoms with van der Waals surface area (Å²) in [7, 11) is -4.22. The topological polar surface area (TPSA) is 124 Å². The first kappa shape index (κ1) is 11.5. The van der Waals surface area contributed by atoms with Crippen molar-refractivity contribution in [2.24, 2.45) is 0 Å². The van der Waals surface area contributed by atoms with Gasteiger partial charge in [-0.25, -0.2) is 0 Å². The molecule has 0 unspecified atom stereocenters. The molecule has 1 aromatic heterocycles. The Morgan fingerprint density at radius 1 is 1.47 bits per heavy atom. The summed E-state index contributed by atoms with van der Waals surface area (Å²) in [6.07, 6.45) is 0. The second-order valence-electron chi connectivity index (χ2n) is 3.29. The highest BCUT2D eigenvalue weighted by Gasteiger charge is 2.17. The highest BCUT2D eigenvalue weighted by atomic mass is 32.2. The molecule has 0 aliphatic rings. The Balaban J connectivity index is 2.52. The molecule has 1 aromatic carbocycles. The van der Waals surface area contributed by atoms with Crippen LogP contribution in [0.15, 0.2) is 22.7 Å². The summed E-state index contributed by atoms with van der Waals surface area (Å²) in [6.45, 7) is 0. The van der Waals surface area contributed by atoms with E-state index in [1.807, 2.05) is 0 Å². The zero-order valence-electron chi connectivity index (χ0n) is 8.23. The fraction of sp³-hybridized carbons (Fsp3) is 0.125. The Bertz CT molecular complexity index is 689. The van der Waals surface area contributed by atoms with Gasteiger partial charge in [0.25, 0.3) is 15.8 Å². The van der Waals surface area contributed by atoms with E-state index < -0.39 is 20.8 Å². The van der Waals surface area contributed by atoms with Crippen LogP contribution in [0.25, 0.3) is 11.0 Å². The van der Waals surface area contributed by atoms with E-state index in [2.05, 4.69) is 5.16 Å². The average molecular weight is 258 g/mol. The third-order valence-corrected chi connectivity index (χ3v) is 2.70. The van der Waals surface area contributed by atoms with E-state index in [4.69, 9.17) is 9.08 Å². The lowest BCUT2D eigenvalue weighted by Gasteiger charge is -1.93. The molecule has 2 aromatic rings. The zero-order valence-corrected chi connectivity index (χ0v) is 9.05. The molecule has 0 saturated carbocycles. The smallest absolute Gasteiger partial charge is 0.273 e. The Labute approximate surface area is 94.7 Å². The van der Waals surface area contributed by atoms with E-state index in [0.717, 1.165) is 6.07 Å². The molecular formula is C8H6N2O6S. The second kappa shape index (κ2) is 3.79. The SMILES string of the molecule is O=[N+]([O-])c1ccc2c(CS(=O)(=O)O)noc2c1. The summed E-state index contributed by atoms with van der Waals surface area (Å²) < 4.78 is 34.8. The molecule has 0 spiro atoms. The number of nitro groups is 1. The summed E-state index contributed by atoms with van der Waals surface area (Å²) >= 11 is 0. The predicted octanol–water partition coefficient (Wildman–Crippen LogP) is 1.12. The molecule has 17 heavy (non-hydrogen) atoms. The molecule has 0 bridgehead atoms. The van der Waals surface area contributed by atoms with Crippen molar-refractivity contribution in [2.45, 2.75) is 5.75 Å². The van der Waals surface area contributed by atoms with Crippen LogP contribution in [0.4, 0.5) is 5.69 Å². The largest absolute Gasteiger partial charge is 0.356 e. The van der Waals surface area contributed by atoms with E-state index in [1.54, 1.807) is 0 Å². The number of non-ortho nitro benzene ring substituents is 1. The van der Waals surface area contributed by atoms with Crippen LogP contribution in [0.5, 0.6) is 0 Å². The van der Waals surface area contributed by atoms with Gasteiger partial charge in [0.1, 0.15) is 11.4 Å². The first-order valence-corrected chi connectivity index (χ1v) is 5.95. The van der Waals surface area contributed by atoms with Crippen LogP contribution < -0.4 is 0 Å². The molecule has 1 heterocycles. The minimum Gasteiger partial charge on any atom is -0.356 e. The minimum absolute atomic E-state index is 0.0115.